The van der Waals surface area contributed by atoms with Crippen molar-refractivity contribution in [1.29, 1.82) is 0 Å². The Balaban J connectivity index is 1.65. The number of benzene rings is 2. The minimum atomic E-state index is -1.08. The summed E-state index contributed by atoms with van der Waals surface area (Å²) in [4.78, 5) is 27.2. The number of carbonyl (C=O) groups excluding carboxylic acids is 1. The van der Waals surface area contributed by atoms with Crippen LogP contribution in [0.2, 0.25) is 0 Å². The average Bonchev–Trinajstić information content (AvgIpc) is 2.69. The molecule has 3 fully saturated rings. The van der Waals surface area contributed by atoms with Crippen LogP contribution >= 0.6 is 0 Å². The molecule has 134 valence electrons. The van der Waals surface area contributed by atoms with Crippen molar-refractivity contribution in [3.8, 4) is 11.1 Å². The van der Waals surface area contributed by atoms with Gasteiger partial charge in [0.1, 0.15) is 0 Å². The van der Waals surface area contributed by atoms with Gasteiger partial charge in [-0.1, -0.05) is 42.5 Å². The molecule has 0 radical (unpaired) electrons. The quantitative estimate of drug-likeness (QED) is 0.890. The zero-order chi connectivity index (χ0) is 18.1. The van der Waals surface area contributed by atoms with E-state index in [0.29, 0.717) is 11.5 Å². The summed E-state index contributed by atoms with van der Waals surface area (Å²) >= 11 is 0. The van der Waals surface area contributed by atoms with Crippen molar-refractivity contribution < 1.29 is 14.7 Å². The summed E-state index contributed by atoms with van der Waals surface area (Å²) in [6, 6.07) is 14.5. The van der Waals surface area contributed by atoms with Crippen LogP contribution in [-0.4, -0.2) is 47.6 Å². The number of hydrogen-bond acceptors (Lipinski definition) is 3. The van der Waals surface area contributed by atoms with Crippen molar-refractivity contribution in [3.05, 3.63) is 59.7 Å². The van der Waals surface area contributed by atoms with Gasteiger partial charge in [-0.25, -0.2) is 4.79 Å². The number of hydrogen-bond donors (Lipinski definition) is 2. The minimum absolute atomic E-state index is 0.0671. The summed E-state index contributed by atoms with van der Waals surface area (Å²) in [5.74, 6) is -0.878. The number of rotatable bonds is 4. The first-order valence-corrected chi connectivity index (χ1v) is 9.08. The normalized spacial score (nSPS) is 24.2. The third-order valence-electron chi connectivity index (χ3n) is 5.58. The van der Waals surface area contributed by atoms with Crippen LogP contribution in [0.3, 0.4) is 0 Å². The van der Waals surface area contributed by atoms with Crippen LogP contribution in [0, 0.1) is 5.92 Å². The van der Waals surface area contributed by atoms with Crippen molar-refractivity contribution in [2.75, 3.05) is 19.6 Å². The van der Waals surface area contributed by atoms with Gasteiger partial charge in [-0.15, -0.1) is 0 Å². The van der Waals surface area contributed by atoms with Gasteiger partial charge in [0, 0.05) is 12.6 Å². The van der Waals surface area contributed by atoms with E-state index < -0.39 is 5.97 Å². The highest BCUT2D eigenvalue weighted by Crippen LogP contribution is 2.29. The van der Waals surface area contributed by atoms with Gasteiger partial charge >= 0.3 is 5.97 Å². The Morgan fingerprint density at radius 3 is 2.35 bits per heavy atom. The standard InChI is InChI=1S/C21H22N2O3/c24-20(22-18-13-23-11-9-15(18)10-12-23)17-8-4-7-16(19(17)21(25)26)14-5-2-1-3-6-14/h1-8,15,18H,9-13H2,(H,22,24)(H,25,26). The van der Waals surface area contributed by atoms with Gasteiger partial charge in [-0.05, 0) is 49.0 Å². The van der Waals surface area contributed by atoms with Gasteiger partial charge in [0.25, 0.3) is 5.91 Å². The molecule has 1 atom stereocenters. The molecule has 0 saturated carbocycles. The lowest BCUT2D eigenvalue weighted by atomic mass is 9.84. The van der Waals surface area contributed by atoms with E-state index in [2.05, 4.69) is 10.2 Å². The number of carboxylic acids is 1. The van der Waals surface area contributed by atoms with Crippen LogP contribution in [0.25, 0.3) is 11.1 Å². The van der Waals surface area contributed by atoms with E-state index in [1.165, 1.54) is 0 Å². The highest BCUT2D eigenvalue weighted by atomic mass is 16.4. The molecule has 2 bridgehead atoms. The lowest BCUT2D eigenvalue weighted by Gasteiger charge is -2.45. The average molecular weight is 350 g/mol. The molecule has 0 spiro atoms. The molecule has 0 aromatic heterocycles. The Morgan fingerprint density at radius 2 is 1.73 bits per heavy atom. The van der Waals surface area contributed by atoms with E-state index in [4.69, 9.17) is 0 Å². The number of nitrogens with zero attached hydrogens (tertiary/aromatic N) is 1. The number of aromatic carboxylic acids is 1. The Kier molecular flexibility index (Phi) is 4.47. The Morgan fingerprint density at radius 1 is 1.00 bits per heavy atom. The summed E-state index contributed by atoms with van der Waals surface area (Å²) in [5.41, 5.74) is 1.66. The molecule has 0 aliphatic carbocycles. The largest absolute Gasteiger partial charge is 0.478 e. The van der Waals surface area contributed by atoms with Crippen LogP contribution in [0.5, 0.6) is 0 Å². The first-order chi connectivity index (χ1) is 12.6. The Bertz CT molecular complexity index is 826. The first kappa shape index (κ1) is 16.8. The van der Waals surface area contributed by atoms with Gasteiger partial charge < -0.3 is 15.3 Å². The van der Waals surface area contributed by atoms with Crippen molar-refractivity contribution >= 4 is 11.9 Å². The molecule has 3 aliphatic rings. The third kappa shape index (κ3) is 3.10. The van der Waals surface area contributed by atoms with Crippen molar-refractivity contribution in [3.63, 3.8) is 0 Å². The smallest absolute Gasteiger partial charge is 0.337 e. The maximum atomic E-state index is 12.9. The van der Waals surface area contributed by atoms with Crippen LogP contribution in [-0.2, 0) is 0 Å². The molecule has 3 heterocycles. The molecule has 5 nitrogen and oxygen atoms in total. The predicted octanol–water partition coefficient (Wildman–Crippen LogP) is 2.88. The zero-order valence-corrected chi connectivity index (χ0v) is 14.5. The summed E-state index contributed by atoms with van der Waals surface area (Å²) in [6.45, 7) is 3.05. The molecular formula is C21H22N2O3. The Labute approximate surface area is 152 Å². The second kappa shape index (κ2) is 6.92. The number of nitrogens with one attached hydrogen (secondary N) is 1. The second-order valence-corrected chi connectivity index (χ2v) is 7.12. The summed E-state index contributed by atoms with van der Waals surface area (Å²) in [5, 5.41) is 12.9. The molecule has 5 heteroatoms. The predicted molar refractivity (Wildman–Crippen MR) is 99.3 cm³/mol. The molecule has 3 saturated heterocycles. The number of fused-ring (bicyclic) bond motifs is 3. The maximum Gasteiger partial charge on any atom is 0.337 e. The molecule has 5 rings (SSSR count). The molecule has 1 unspecified atom stereocenters. The van der Waals surface area contributed by atoms with E-state index in [-0.39, 0.29) is 23.1 Å². The fraction of sp³-hybridized carbons (Fsp3) is 0.333. The lowest BCUT2D eigenvalue weighted by molar-refractivity contribution is 0.0611. The summed E-state index contributed by atoms with van der Waals surface area (Å²) < 4.78 is 0. The molecule has 26 heavy (non-hydrogen) atoms. The van der Waals surface area contributed by atoms with Crippen LogP contribution < -0.4 is 5.32 Å². The molecule has 1 amide bonds. The second-order valence-electron chi connectivity index (χ2n) is 7.12. The topological polar surface area (TPSA) is 69.6 Å². The summed E-state index contributed by atoms with van der Waals surface area (Å²) in [6.07, 6.45) is 2.20. The van der Waals surface area contributed by atoms with E-state index in [1.54, 1.807) is 18.2 Å². The summed E-state index contributed by atoms with van der Waals surface area (Å²) in [7, 11) is 0. The van der Waals surface area contributed by atoms with Crippen molar-refractivity contribution in [1.82, 2.24) is 10.2 Å². The van der Waals surface area contributed by atoms with Crippen LogP contribution in [0.15, 0.2) is 48.5 Å². The minimum Gasteiger partial charge on any atom is -0.478 e. The van der Waals surface area contributed by atoms with Crippen LogP contribution in [0.4, 0.5) is 0 Å². The molecular weight excluding hydrogens is 328 g/mol. The van der Waals surface area contributed by atoms with E-state index in [1.807, 2.05) is 30.3 Å². The fourth-order valence-electron chi connectivity index (χ4n) is 4.20. The van der Waals surface area contributed by atoms with Crippen molar-refractivity contribution in [2.45, 2.75) is 18.9 Å². The van der Waals surface area contributed by atoms with Crippen LogP contribution in [0.1, 0.15) is 33.6 Å². The fourth-order valence-corrected chi connectivity index (χ4v) is 4.20. The number of carbonyl (C=O) groups is 2. The van der Waals surface area contributed by atoms with Crippen molar-refractivity contribution in [2.24, 2.45) is 5.92 Å². The SMILES string of the molecule is O=C(NC1CN2CCC1CC2)c1cccc(-c2ccccc2)c1C(=O)O. The molecule has 2 aromatic rings. The highest BCUT2D eigenvalue weighted by Gasteiger charge is 2.35. The third-order valence-corrected chi connectivity index (χ3v) is 5.58. The molecule has 2 N–H and O–H groups in total. The van der Waals surface area contributed by atoms with E-state index in [0.717, 1.165) is 38.0 Å². The Hall–Kier alpha value is -2.66. The lowest BCUT2D eigenvalue weighted by Crippen LogP contribution is -2.57. The number of amides is 1. The van der Waals surface area contributed by atoms with Gasteiger partial charge in [-0.3, -0.25) is 4.79 Å². The van der Waals surface area contributed by atoms with E-state index >= 15 is 0 Å². The monoisotopic (exact) mass is 350 g/mol. The van der Waals surface area contributed by atoms with Gasteiger partial charge in [0.15, 0.2) is 0 Å². The van der Waals surface area contributed by atoms with E-state index in [9.17, 15) is 14.7 Å². The maximum absolute atomic E-state index is 12.9. The number of carboxylic acid groups (broad SMARTS) is 1. The van der Waals surface area contributed by atoms with Gasteiger partial charge in [0.2, 0.25) is 0 Å². The first-order valence-electron chi connectivity index (χ1n) is 9.08. The van der Waals surface area contributed by atoms with Gasteiger partial charge in [0.05, 0.1) is 11.1 Å². The number of piperidine rings is 3. The molecule has 2 aromatic carbocycles. The molecule has 3 aliphatic heterocycles. The zero-order valence-electron chi connectivity index (χ0n) is 14.5. The highest BCUT2D eigenvalue weighted by molar-refractivity contribution is 6.09. The van der Waals surface area contributed by atoms with Gasteiger partial charge in [-0.2, -0.15) is 0 Å².